The number of aromatic nitrogens is 2. The zero-order valence-electron chi connectivity index (χ0n) is 10.2. The summed E-state index contributed by atoms with van der Waals surface area (Å²) in [5.74, 6) is 0. The fourth-order valence-electron chi connectivity index (χ4n) is 2.05. The summed E-state index contributed by atoms with van der Waals surface area (Å²) in [5.41, 5.74) is -1.05. The number of alkyl halides is 1. The number of rotatable bonds is 3. The minimum absolute atomic E-state index is 0.303. The molecule has 1 aromatic heterocycles. The highest BCUT2D eigenvalue weighted by atomic mass is 18.2. The Bertz CT molecular complexity index is 569. The van der Waals surface area contributed by atoms with Gasteiger partial charge in [-0.1, -0.05) is 6.92 Å². The van der Waals surface area contributed by atoms with E-state index in [1.54, 1.807) is 6.92 Å². The lowest BCUT2D eigenvalue weighted by molar-refractivity contribution is -0.0492. The molecule has 4 atom stereocenters. The summed E-state index contributed by atoms with van der Waals surface area (Å²) >= 11 is 0. The lowest BCUT2D eigenvalue weighted by atomic mass is 10.1. The van der Waals surface area contributed by atoms with Crippen LogP contribution in [-0.4, -0.2) is 44.8 Å². The van der Waals surface area contributed by atoms with Gasteiger partial charge in [0.15, 0.2) is 12.4 Å². The Hall–Kier alpha value is -1.51. The largest absolute Gasteiger partial charge is 0.394 e. The van der Waals surface area contributed by atoms with E-state index in [1.165, 1.54) is 6.20 Å². The van der Waals surface area contributed by atoms with Gasteiger partial charge in [-0.05, 0) is 6.42 Å². The zero-order valence-corrected chi connectivity index (χ0v) is 10.2. The molecule has 1 aliphatic heterocycles. The first kappa shape index (κ1) is 13.9. The minimum Gasteiger partial charge on any atom is -0.394 e. The van der Waals surface area contributed by atoms with Gasteiger partial charge in [-0.2, -0.15) is 0 Å². The first-order valence-electron chi connectivity index (χ1n) is 5.92. The molecular weight excluding hydrogens is 258 g/mol. The number of aryl methyl sites for hydroxylation is 1. The quantitative estimate of drug-likeness (QED) is 0.634. The molecule has 1 fully saturated rings. The second kappa shape index (κ2) is 5.24. The van der Waals surface area contributed by atoms with Gasteiger partial charge in [0.25, 0.3) is 5.56 Å². The van der Waals surface area contributed by atoms with E-state index >= 15 is 0 Å². The molecule has 1 aromatic rings. The fourth-order valence-corrected chi connectivity index (χ4v) is 2.05. The molecule has 0 saturated carbocycles. The molecule has 0 radical (unpaired) electrons. The molecule has 0 unspecified atom stereocenters. The molecule has 1 aliphatic rings. The third-order valence-electron chi connectivity index (χ3n) is 3.17. The van der Waals surface area contributed by atoms with Crippen LogP contribution >= 0.6 is 0 Å². The van der Waals surface area contributed by atoms with Crippen molar-refractivity contribution in [3.8, 4) is 0 Å². The SMILES string of the molecule is CCc1cn([C@@H]2O[C@H](CO)[C@@H](O)[C@@H]2[18F])c(=O)[nH]c1=O. The van der Waals surface area contributed by atoms with E-state index in [9.17, 15) is 19.1 Å². The predicted molar refractivity (Wildman–Crippen MR) is 62.6 cm³/mol. The maximum Gasteiger partial charge on any atom is 0.330 e. The molecule has 0 spiro atoms. The highest BCUT2D eigenvalue weighted by Crippen LogP contribution is 2.30. The summed E-state index contributed by atoms with van der Waals surface area (Å²) in [6.07, 6.45) is -4.24. The smallest absolute Gasteiger partial charge is 0.330 e. The fraction of sp³-hybridized carbons (Fsp3) is 0.636. The second-order valence-electron chi connectivity index (χ2n) is 4.36. The number of halogens is 1. The third-order valence-corrected chi connectivity index (χ3v) is 3.17. The van der Waals surface area contributed by atoms with E-state index in [0.29, 0.717) is 12.0 Å². The molecule has 0 amide bonds. The molecule has 0 bridgehead atoms. The molecule has 1 saturated heterocycles. The summed E-state index contributed by atoms with van der Waals surface area (Å²) in [6.45, 7) is 1.16. The van der Waals surface area contributed by atoms with Crippen LogP contribution in [0.1, 0.15) is 18.7 Å². The van der Waals surface area contributed by atoms with Gasteiger partial charge < -0.3 is 14.9 Å². The Morgan fingerprint density at radius 3 is 2.74 bits per heavy atom. The molecule has 2 heterocycles. The maximum absolute atomic E-state index is 13.9. The van der Waals surface area contributed by atoms with E-state index in [1.807, 2.05) is 0 Å². The number of nitrogens with one attached hydrogen (secondary N) is 1. The monoisotopic (exact) mass is 273 g/mol. The number of ether oxygens (including phenoxy) is 1. The number of hydrogen-bond donors (Lipinski definition) is 3. The van der Waals surface area contributed by atoms with Gasteiger partial charge >= 0.3 is 5.69 Å². The Balaban J connectivity index is 2.43. The van der Waals surface area contributed by atoms with Gasteiger partial charge in [-0.3, -0.25) is 14.3 Å². The molecule has 106 valence electrons. The van der Waals surface area contributed by atoms with E-state index < -0.39 is 42.5 Å². The van der Waals surface area contributed by atoms with Crippen molar-refractivity contribution in [2.75, 3.05) is 6.61 Å². The number of nitrogens with zero attached hydrogens (tertiary/aromatic N) is 1. The summed E-state index contributed by atoms with van der Waals surface area (Å²) in [7, 11) is 0. The normalized spacial score (nSPS) is 30.7. The van der Waals surface area contributed by atoms with E-state index in [0.717, 1.165) is 4.57 Å². The molecule has 2 rings (SSSR count). The first-order valence-corrected chi connectivity index (χ1v) is 5.92. The molecule has 3 N–H and O–H groups in total. The van der Waals surface area contributed by atoms with Crippen LogP contribution in [0, 0.1) is 0 Å². The van der Waals surface area contributed by atoms with Crippen LogP contribution in [-0.2, 0) is 11.2 Å². The summed E-state index contributed by atoms with van der Waals surface area (Å²) in [5, 5.41) is 18.5. The van der Waals surface area contributed by atoms with Crippen molar-refractivity contribution in [2.24, 2.45) is 0 Å². The van der Waals surface area contributed by atoms with Crippen molar-refractivity contribution < 1.29 is 19.3 Å². The minimum atomic E-state index is -1.86. The number of H-pyrrole nitrogens is 1. The average molecular weight is 273 g/mol. The van der Waals surface area contributed by atoms with E-state index in [4.69, 9.17) is 9.84 Å². The van der Waals surface area contributed by atoms with Crippen molar-refractivity contribution >= 4 is 0 Å². The molecule has 7 nitrogen and oxygen atoms in total. The van der Waals surface area contributed by atoms with E-state index in [-0.39, 0.29) is 0 Å². The molecular formula is C11H15FN2O5. The van der Waals surface area contributed by atoms with Crippen molar-refractivity contribution in [1.29, 1.82) is 0 Å². The summed E-state index contributed by atoms with van der Waals surface area (Å²) < 4.78 is 19.9. The summed E-state index contributed by atoms with van der Waals surface area (Å²) in [6, 6.07) is 0. The summed E-state index contributed by atoms with van der Waals surface area (Å²) in [4.78, 5) is 25.1. The highest BCUT2D eigenvalue weighted by Gasteiger charge is 2.45. The van der Waals surface area contributed by atoms with Crippen molar-refractivity contribution in [2.45, 2.75) is 38.0 Å². The number of hydrogen-bond acceptors (Lipinski definition) is 5. The van der Waals surface area contributed by atoms with Gasteiger partial charge in [-0.15, -0.1) is 0 Å². The molecule has 8 heteroatoms. The van der Waals surface area contributed by atoms with Crippen molar-refractivity contribution in [3.63, 3.8) is 0 Å². The average Bonchev–Trinajstić information content (AvgIpc) is 2.67. The number of aliphatic hydroxyl groups excluding tert-OH is 2. The van der Waals surface area contributed by atoms with Gasteiger partial charge in [0.1, 0.15) is 12.2 Å². The van der Waals surface area contributed by atoms with Crippen LogP contribution in [0.2, 0.25) is 0 Å². The molecule has 0 aliphatic carbocycles. The van der Waals surface area contributed by atoms with Crippen LogP contribution in [0.5, 0.6) is 0 Å². The van der Waals surface area contributed by atoms with E-state index in [2.05, 4.69) is 4.98 Å². The Morgan fingerprint density at radius 1 is 1.53 bits per heavy atom. The van der Waals surface area contributed by atoms with Gasteiger partial charge in [0.2, 0.25) is 0 Å². The number of aromatic amines is 1. The third kappa shape index (κ3) is 2.34. The van der Waals surface area contributed by atoms with Crippen molar-refractivity contribution in [1.82, 2.24) is 9.55 Å². The zero-order chi connectivity index (χ0) is 14.2. The van der Waals surface area contributed by atoms with Gasteiger partial charge in [-0.25, -0.2) is 9.18 Å². The Morgan fingerprint density at radius 2 is 2.21 bits per heavy atom. The standard InChI is InChI=1S/C11H15FN2O5/c1-2-5-3-14(11(18)13-9(5)17)10-7(12)8(16)6(4-15)19-10/h3,6-8,10,15-16H,2,4H2,1H3,(H,13,17,18)/t6-,7+,8-,10-/m1/s1/i12-1. The van der Waals surface area contributed by atoms with Crippen LogP contribution in [0.3, 0.4) is 0 Å². The van der Waals surface area contributed by atoms with Gasteiger partial charge in [0.05, 0.1) is 6.61 Å². The van der Waals surface area contributed by atoms with Crippen LogP contribution < -0.4 is 11.2 Å². The maximum atomic E-state index is 13.9. The first-order chi connectivity index (χ1) is 8.99. The second-order valence-corrected chi connectivity index (χ2v) is 4.36. The lowest BCUT2D eigenvalue weighted by Crippen LogP contribution is -2.37. The highest BCUT2D eigenvalue weighted by molar-refractivity contribution is 5.05. The van der Waals surface area contributed by atoms with Gasteiger partial charge in [0, 0.05) is 11.8 Å². The van der Waals surface area contributed by atoms with Crippen LogP contribution in [0.25, 0.3) is 0 Å². The lowest BCUT2D eigenvalue weighted by Gasteiger charge is -2.16. The molecule has 19 heavy (non-hydrogen) atoms. The topological polar surface area (TPSA) is 105 Å². The Labute approximate surface area is 107 Å². The number of aliphatic hydroxyl groups is 2. The van der Waals surface area contributed by atoms with Crippen LogP contribution in [0.15, 0.2) is 15.8 Å². The molecule has 0 aromatic carbocycles. The van der Waals surface area contributed by atoms with Crippen molar-refractivity contribution in [3.05, 3.63) is 32.6 Å². The Kier molecular flexibility index (Phi) is 3.83. The predicted octanol–water partition coefficient (Wildman–Crippen LogP) is -1.31. The van der Waals surface area contributed by atoms with Crippen LogP contribution in [0.4, 0.5) is 4.39 Å².